The highest BCUT2D eigenvalue weighted by molar-refractivity contribution is 7.16. The van der Waals surface area contributed by atoms with Crippen molar-refractivity contribution in [3.8, 4) is 16.5 Å². The standard InChI is InChI=1S/C22H18FN3OS/c23-20-7-2-1-6-19(20)21-10-8-18(28-21)9-11-22(27)26(14-4-12-24)16-17-5-3-13-25-15-17/h1-3,5-11,13,15H,4,14,16H2. The molecule has 28 heavy (non-hydrogen) atoms. The van der Waals surface area contributed by atoms with E-state index in [0.717, 1.165) is 15.3 Å². The van der Waals surface area contributed by atoms with Crippen LogP contribution in [0.4, 0.5) is 4.39 Å². The van der Waals surface area contributed by atoms with E-state index in [-0.39, 0.29) is 18.1 Å². The number of nitriles is 1. The normalized spacial score (nSPS) is 10.7. The van der Waals surface area contributed by atoms with Gasteiger partial charge < -0.3 is 4.90 Å². The number of benzene rings is 1. The Hall–Kier alpha value is -3.30. The van der Waals surface area contributed by atoms with Crippen molar-refractivity contribution in [1.29, 1.82) is 5.26 Å². The predicted molar refractivity (Wildman–Crippen MR) is 109 cm³/mol. The second-order valence-electron chi connectivity index (χ2n) is 6.04. The Morgan fingerprint density at radius 1 is 1.21 bits per heavy atom. The van der Waals surface area contributed by atoms with Crippen molar-refractivity contribution in [2.24, 2.45) is 0 Å². The second kappa shape index (κ2) is 9.58. The van der Waals surface area contributed by atoms with Gasteiger partial charge >= 0.3 is 0 Å². The van der Waals surface area contributed by atoms with Gasteiger partial charge in [-0.05, 0) is 35.9 Å². The van der Waals surface area contributed by atoms with Gasteiger partial charge in [-0.25, -0.2) is 4.39 Å². The highest BCUT2D eigenvalue weighted by atomic mass is 32.1. The van der Waals surface area contributed by atoms with Crippen LogP contribution in [0.2, 0.25) is 0 Å². The summed E-state index contributed by atoms with van der Waals surface area (Å²) < 4.78 is 13.9. The molecule has 140 valence electrons. The SMILES string of the molecule is N#CCCN(Cc1cccnc1)C(=O)C=Cc1ccc(-c2ccccc2F)s1. The van der Waals surface area contributed by atoms with Crippen molar-refractivity contribution in [3.05, 3.63) is 83.3 Å². The first-order chi connectivity index (χ1) is 13.7. The number of hydrogen-bond donors (Lipinski definition) is 0. The van der Waals surface area contributed by atoms with E-state index in [1.54, 1.807) is 41.6 Å². The van der Waals surface area contributed by atoms with E-state index in [1.165, 1.54) is 23.5 Å². The Bertz CT molecular complexity index is 1010. The molecule has 0 saturated carbocycles. The minimum Gasteiger partial charge on any atom is -0.334 e. The number of thiophene rings is 1. The van der Waals surface area contributed by atoms with Crippen LogP contribution in [0.1, 0.15) is 16.9 Å². The number of carbonyl (C=O) groups is 1. The smallest absolute Gasteiger partial charge is 0.246 e. The Morgan fingerprint density at radius 2 is 2.07 bits per heavy atom. The molecule has 6 heteroatoms. The number of amides is 1. The van der Waals surface area contributed by atoms with Crippen LogP contribution in [-0.4, -0.2) is 22.3 Å². The molecule has 0 aliphatic rings. The molecule has 3 rings (SSSR count). The molecule has 2 heterocycles. The van der Waals surface area contributed by atoms with Crippen LogP contribution in [-0.2, 0) is 11.3 Å². The van der Waals surface area contributed by atoms with Gasteiger partial charge in [-0.2, -0.15) is 5.26 Å². The lowest BCUT2D eigenvalue weighted by Crippen LogP contribution is -2.29. The van der Waals surface area contributed by atoms with Crippen LogP contribution in [0, 0.1) is 17.1 Å². The number of pyridine rings is 1. The zero-order valence-corrected chi connectivity index (χ0v) is 15.9. The number of halogens is 1. The van der Waals surface area contributed by atoms with Gasteiger partial charge in [0.15, 0.2) is 0 Å². The summed E-state index contributed by atoms with van der Waals surface area (Å²) in [6.45, 7) is 0.739. The molecule has 1 amide bonds. The Balaban J connectivity index is 1.71. The molecule has 0 radical (unpaired) electrons. The lowest BCUT2D eigenvalue weighted by molar-refractivity contribution is -0.126. The van der Waals surface area contributed by atoms with E-state index in [0.29, 0.717) is 18.7 Å². The number of nitrogens with zero attached hydrogens (tertiary/aromatic N) is 3. The molecule has 0 spiro atoms. The van der Waals surface area contributed by atoms with Gasteiger partial charge in [-0.3, -0.25) is 9.78 Å². The fraction of sp³-hybridized carbons (Fsp3) is 0.136. The van der Waals surface area contributed by atoms with Gasteiger partial charge in [0.2, 0.25) is 5.91 Å². The van der Waals surface area contributed by atoms with Crippen molar-refractivity contribution in [1.82, 2.24) is 9.88 Å². The minimum atomic E-state index is -0.268. The third kappa shape index (κ3) is 5.12. The minimum absolute atomic E-state index is 0.181. The monoisotopic (exact) mass is 391 g/mol. The molecule has 1 aromatic carbocycles. The average Bonchev–Trinajstić information content (AvgIpc) is 3.19. The molecule has 4 nitrogen and oxygen atoms in total. The summed E-state index contributed by atoms with van der Waals surface area (Å²) in [6, 6.07) is 16.1. The van der Waals surface area contributed by atoms with E-state index in [1.807, 2.05) is 24.3 Å². The lowest BCUT2D eigenvalue weighted by Gasteiger charge is -2.19. The van der Waals surface area contributed by atoms with E-state index >= 15 is 0 Å². The maximum absolute atomic E-state index is 13.9. The second-order valence-corrected chi connectivity index (χ2v) is 7.16. The van der Waals surface area contributed by atoms with Crippen LogP contribution in [0.3, 0.4) is 0 Å². The molecular weight excluding hydrogens is 373 g/mol. The van der Waals surface area contributed by atoms with Crippen LogP contribution in [0.5, 0.6) is 0 Å². The molecule has 0 saturated heterocycles. The van der Waals surface area contributed by atoms with Crippen molar-refractivity contribution >= 4 is 23.3 Å². The molecule has 0 bridgehead atoms. The van der Waals surface area contributed by atoms with E-state index < -0.39 is 0 Å². The van der Waals surface area contributed by atoms with E-state index in [4.69, 9.17) is 5.26 Å². The number of rotatable bonds is 7. The van der Waals surface area contributed by atoms with Crippen molar-refractivity contribution in [2.75, 3.05) is 6.54 Å². The molecule has 3 aromatic rings. The summed E-state index contributed by atoms with van der Waals surface area (Å²) in [6.07, 6.45) is 6.85. The first-order valence-electron chi connectivity index (χ1n) is 8.75. The first-order valence-corrected chi connectivity index (χ1v) is 9.56. The number of hydrogen-bond acceptors (Lipinski definition) is 4. The fourth-order valence-corrected chi connectivity index (χ4v) is 3.61. The van der Waals surface area contributed by atoms with Crippen LogP contribution in [0.25, 0.3) is 16.5 Å². The van der Waals surface area contributed by atoms with Crippen LogP contribution >= 0.6 is 11.3 Å². The molecule has 0 aliphatic carbocycles. The zero-order valence-electron chi connectivity index (χ0n) is 15.1. The van der Waals surface area contributed by atoms with Crippen molar-refractivity contribution in [2.45, 2.75) is 13.0 Å². The molecule has 0 fully saturated rings. The third-order valence-corrected chi connectivity index (χ3v) is 5.14. The maximum Gasteiger partial charge on any atom is 0.246 e. The zero-order chi connectivity index (χ0) is 19.8. The van der Waals surface area contributed by atoms with Gasteiger partial charge in [0.25, 0.3) is 0 Å². The first kappa shape index (κ1) is 19.5. The summed E-state index contributed by atoms with van der Waals surface area (Å²) in [5.74, 6) is -0.449. The molecule has 0 unspecified atom stereocenters. The fourth-order valence-electron chi connectivity index (χ4n) is 2.67. The quantitative estimate of drug-likeness (QED) is 0.538. The summed E-state index contributed by atoms with van der Waals surface area (Å²) in [4.78, 5) is 19.9. The summed E-state index contributed by atoms with van der Waals surface area (Å²) >= 11 is 1.42. The van der Waals surface area contributed by atoms with Gasteiger partial charge in [0, 0.05) is 46.9 Å². The topological polar surface area (TPSA) is 57.0 Å². The maximum atomic E-state index is 13.9. The van der Waals surface area contributed by atoms with Gasteiger partial charge in [0.1, 0.15) is 5.82 Å². The molecule has 0 atom stereocenters. The Labute approximate surface area is 167 Å². The van der Waals surface area contributed by atoms with E-state index in [2.05, 4.69) is 11.1 Å². The summed E-state index contributed by atoms with van der Waals surface area (Å²) in [7, 11) is 0. The third-order valence-electron chi connectivity index (χ3n) is 4.06. The summed E-state index contributed by atoms with van der Waals surface area (Å²) in [5.41, 5.74) is 1.45. The highest BCUT2D eigenvalue weighted by Crippen LogP contribution is 2.30. The van der Waals surface area contributed by atoms with Crippen molar-refractivity contribution in [3.63, 3.8) is 0 Å². The van der Waals surface area contributed by atoms with E-state index in [9.17, 15) is 9.18 Å². The average molecular weight is 391 g/mol. The number of carbonyl (C=O) groups excluding carboxylic acids is 1. The van der Waals surface area contributed by atoms with Crippen molar-refractivity contribution < 1.29 is 9.18 Å². The lowest BCUT2D eigenvalue weighted by atomic mass is 10.2. The molecule has 0 aliphatic heterocycles. The highest BCUT2D eigenvalue weighted by Gasteiger charge is 2.12. The van der Waals surface area contributed by atoms with Gasteiger partial charge in [-0.1, -0.05) is 24.3 Å². The number of aromatic nitrogens is 1. The Kier molecular flexibility index (Phi) is 6.66. The predicted octanol–water partition coefficient (Wildman–Crippen LogP) is 4.90. The summed E-state index contributed by atoms with van der Waals surface area (Å²) in [5, 5.41) is 8.86. The molecule has 0 N–H and O–H groups in total. The van der Waals surface area contributed by atoms with Crippen LogP contribution < -0.4 is 0 Å². The Morgan fingerprint density at radius 3 is 2.82 bits per heavy atom. The van der Waals surface area contributed by atoms with Crippen LogP contribution in [0.15, 0.2) is 67.0 Å². The van der Waals surface area contributed by atoms with Gasteiger partial charge in [0.05, 0.1) is 12.5 Å². The molecular formula is C22H18FN3OS. The molecule has 2 aromatic heterocycles. The van der Waals surface area contributed by atoms with Gasteiger partial charge in [-0.15, -0.1) is 11.3 Å². The largest absolute Gasteiger partial charge is 0.334 e.